The second-order valence-electron chi connectivity index (χ2n) is 4.06. The van der Waals surface area contributed by atoms with E-state index in [1.165, 1.54) is 6.07 Å². The molecule has 0 unspecified atom stereocenters. The van der Waals surface area contributed by atoms with Crippen LogP contribution in [0.15, 0.2) is 12.1 Å². The number of carboxylic acid groups (broad SMARTS) is 1. The summed E-state index contributed by atoms with van der Waals surface area (Å²) in [6.45, 7) is 0. The molecule has 1 aliphatic rings. The minimum atomic E-state index is -1.51. The Labute approximate surface area is 95.9 Å². The number of hydrogen-bond donors (Lipinski definition) is 3. The van der Waals surface area contributed by atoms with Crippen LogP contribution in [0, 0.1) is 11.6 Å². The van der Waals surface area contributed by atoms with E-state index >= 15 is 0 Å². The minimum absolute atomic E-state index is 0.0793. The first-order chi connectivity index (χ1) is 7.99. The second-order valence-corrected chi connectivity index (χ2v) is 4.06. The summed E-state index contributed by atoms with van der Waals surface area (Å²) in [6, 6.07) is 2.10. The number of rotatable bonds is 3. The first kappa shape index (κ1) is 11.8. The molecule has 0 saturated heterocycles. The molecule has 1 aliphatic carbocycles. The maximum atomic E-state index is 13.5. The third kappa shape index (κ3) is 2.21. The summed E-state index contributed by atoms with van der Waals surface area (Å²) in [5, 5.41) is 20.4. The minimum Gasteiger partial charge on any atom is -0.478 e. The molecule has 0 aromatic heterocycles. The molecule has 6 heteroatoms. The van der Waals surface area contributed by atoms with E-state index in [9.17, 15) is 13.6 Å². The van der Waals surface area contributed by atoms with Gasteiger partial charge in [0.1, 0.15) is 0 Å². The van der Waals surface area contributed by atoms with Gasteiger partial charge in [0.05, 0.1) is 17.4 Å². The summed E-state index contributed by atoms with van der Waals surface area (Å²) in [6.07, 6.45) is 0.544. The van der Waals surface area contributed by atoms with E-state index in [0.717, 1.165) is 6.07 Å². The lowest BCUT2D eigenvalue weighted by Gasteiger charge is -2.32. The van der Waals surface area contributed by atoms with E-state index in [1.807, 2.05) is 0 Å². The van der Waals surface area contributed by atoms with Gasteiger partial charge in [-0.2, -0.15) is 0 Å². The van der Waals surface area contributed by atoms with Crippen LogP contribution < -0.4 is 5.32 Å². The highest BCUT2D eigenvalue weighted by Crippen LogP contribution is 2.27. The third-order valence-corrected chi connectivity index (χ3v) is 2.79. The van der Waals surface area contributed by atoms with Gasteiger partial charge < -0.3 is 15.5 Å². The molecule has 3 N–H and O–H groups in total. The van der Waals surface area contributed by atoms with Crippen LogP contribution in [-0.4, -0.2) is 28.3 Å². The monoisotopic (exact) mass is 243 g/mol. The Bertz CT molecular complexity index is 458. The van der Waals surface area contributed by atoms with Gasteiger partial charge in [0.15, 0.2) is 11.6 Å². The van der Waals surface area contributed by atoms with E-state index in [4.69, 9.17) is 10.2 Å². The Morgan fingerprint density at radius 2 is 1.94 bits per heavy atom. The molecule has 92 valence electrons. The molecule has 1 fully saturated rings. The van der Waals surface area contributed by atoms with Crippen molar-refractivity contribution in [1.29, 1.82) is 0 Å². The molecule has 0 spiro atoms. The van der Waals surface area contributed by atoms with Crippen molar-refractivity contribution in [1.82, 2.24) is 0 Å². The van der Waals surface area contributed by atoms with Crippen LogP contribution in [0.5, 0.6) is 0 Å². The summed E-state index contributed by atoms with van der Waals surface area (Å²) >= 11 is 0. The van der Waals surface area contributed by atoms with Crippen molar-refractivity contribution in [3.63, 3.8) is 0 Å². The predicted molar refractivity (Wildman–Crippen MR) is 56.0 cm³/mol. The number of carbonyl (C=O) groups is 1. The molecule has 0 aliphatic heterocycles. The molecule has 0 atom stereocenters. The number of carboxylic acids is 1. The Morgan fingerprint density at radius 3 is 2.47 bits per heavy atom. The van der Waals surface area contributed by atoms with Gasteiger partial charge in [-0.05, 0) is 25.0 Å². The van der Waals surface area contributed by atoms with Gasteiger partial charge in [-0.3, -0.25) is 0 Å². The maximum Gasteiger partial charge on any atom is 0.338 e. The van der Waals surface area contributed by atoms with Crippen molar-refractivity contribution in [3.05, 3.63) is 29.3 Å². The molecule has 17 heavy (non-hydrogen) atoms. The van der Waals surface area contributed by atoms with Crippen LogP contribution in [0.1, 0.15) is 23.2 Å². The Hall–Kier alpha value is -1.69. The lowest BCUT2D eigenvalue weighted by atomic mass is 9.89. The lowest BCUT2D eigenvalue weighted by Crippen LogP contribution is -2.39. The average molecular weight is 243 g/mol. The van der Waals surface area contributed by atoms with Gasteiger partial charge in [0.2, 0.25) is 0 Å². The number of aromatic carboxylic acids is 1. The predicted octanol–water partition coefficient (Wildman–Crippen LogP) is 1.60. The smallest absolute Gasteiger partial charge is 0.338 e. The molecule has 1 saturated carbocycles. The topological polar surface area (TPSA) is 69.6 Å². The molecule has 0 radical (unpaired) electrons. The van der Waals surface area contributed by atoms with Crippen LogP contribution >= 0.6 is 0 Å². The van der Waals surface area contributed by atoms with Crippen LogP contribution in [-0.2, 0) is 0 Å². The highest BCUT2D eigenvalue weighted by Gasteiger charge is 2.28. The highest BCUT2D eigenvalue weighted by molar-refractivity contribution is 5.88. The fourth-order valence-electron chi connectivity index (χ4n) is 1.75. The zero-order chi connectivity index (χ0) is 12.6. The number of aliphatic hydroxyl groups is 1. The zero-order valence-corrected chi connectivity index (χ0v) is 8.78. The van der Waals surface area contributed by atoms with Crippen molar-refractivity contribution in [3.8, 4) is 0 Å². The molecular weight excluding hydrogens is 232 g/mol. The Kier molecular flexibility index (Phi) is 2.97. The van der Waals surface area contributed by atoms with E-state index in [0.29, 0.717) is 12.8 Å². The highest BCUT2D eigenvalue weighted by atomic mass is 19.2. The van der Waals surface area contributed by atoms with Gasteiger partial charge in [0.25, 0.3) is 0 Å². The maximum absolute atomic E-state index is 13.5. The zero-order valence-electron chi connectivity index (χ0n) is 8.78. The van der Waals surface area contributed by atoms with E-state index in [-0.39, 0.29) is 11.7 Å². The summed E-state index contributed by atoms with van der Waals surface area (Å²) in [4.78, 5) is 10.6. The number of halogens is 2. The Balaban J connectivity index is 2.19. The molecule has 4 nitrogen and oxygen atoms in total. The number of nitrogens with one attached hydrogen (secondary N) is 1. The van der Waals surface area contributed by atoms with Gasteiger partial charge in [-0.1, -0.05) is 0 Å². The number of aliphatic hydroxyl groups excluding tert-OH is 1. The summed E-state index contributed by atoms with van der Waals surface area (Å²) in [5.41, 5.74) is -0.772. The van der Waals surface area contributed by atoms with Crippen molar-refractivity contribution in [2.75, 3.05) is 5.32 Å². The van der Waals surface area contributed by atoms with Gasteiger partial charge in [-0.15, -0.1) is 0 Å². The Morgan fingerprint density at radius 1 is 1.29 bits per heavy atom. The second kappa shape index (κ2) is 4.29. The first-order valence-corrected chi connectivity index (χ1v) is 5.15. The first-order valence-electron chi connectivity index (χ1n) is 5.15. The molecule has 2 rings (SSSR count). The van der Waals surface area contributed by atoms with Gasteiger partial charge >= 0.3 is 5.97 Å². The molecular formula is C11H11F2NO3. The SMILES string of the molecule is O=C(O)c1ccc(NC2CC(O)C2)c(F)c1F. The third-order valence-electron chi connectivity index (χ3n) is 2.79. The van der Waals surface area contributed by atoms with E-state index in [1.54, 1.807) is 0 Å². The molecule has 1 aromatic carbocycles. The summed E-state index contributed by atoms with van der Waals surface area (Å²) in [7, 11) is 0. The van der Waals surface area contributed by atoms with Crippen LogP contribution in [0.4, 0.5) is 14.5 Å². The largest absolute Gasteiger partial charge is 0.478 e. The molecule has 0 heterocycles. The molecule has 1 aromatic rings. The van der Waals surface area contributed by atoms with Crippen molar-refractivity contribution < 1.29 is 23.8 Å². The van der Waals surface area contributed by atoms with Crippen LogP contribution in [0.25, 0.3) is 0 Å². The van der Waals surface area contributed by atoms with E-state index < -0.39 is 29.3 Å². The fourth-order valence-corrected chi connectivity index (χ4v) is 1.75. The van der Waals surface area contributed by atoms with Crippen molar-refractivity contribution >= 4 is 11.7 Å². The number of hydrogen-bond acceptors (Lipinski definition) is 3. The summed E-state index contributed by atoms with van der Waals surface area (Å²) < 4.78 is 26.8. The number of anilines is 1. The van der Waals surface area contributed by atoms with Gasteiger partial charge in [-0.25, -0.2) is 13.6 Å². The summed E-state index contributed by atoms with van der Waals surface area (Å²) in [5.74, 6) is -4.08. The lowest BCUT2D eigenvalue weighted by molar-refractivity contribution is 0.0690. The average Bonchev–Trinajstić information content (AvgIpc) is 2.22. The molecule has 0 amide bonds. The quantitative estimate of drug-likeness (QED) is 0.754. The van der Waals surface area contributed by atoms with Crippen molar-refractivity contribution in [2.45, 2.75) is 25.0 Å². The fraction of sp³-hybridized carbons (Fsp3) is 0.364. The standard InChI is InChI=1S/C11H11F2NO3/c12-9-7(11(16)17)1-2-8(10(9)13)14-5-3-6(15)4-5/h1-2,5-6,14-15H,3-4H2,(H,16,17). The molecule has 0 bridgehead atoms. The van der Waals surface area contributed by atoms with Crippen LogP contribution in [0.2, 0.25) is 0 Å². The van der Waals surface area contributed by atoms with E-state index in [2.05, 4.69) is 5.32 Å². The van der Waals surface area contributed by atoms with Gasteiger partial charge in [0, 0.05) is 6.04 Å². The van der Waals surface area contributed by atoms with Crippen LogP contribution in [0.3, 0.4) is 0 Å². The van der Waals surface area contributed by atoms with Crippen molar-refractivity contribution in [2.24, 2.45) is 0 Å². The normalized spacial score (nSPS) is 23.0. The number of benzene rings is 1.